The van der Waals surface area contributed by atoms with Crippen LogP contribution in [0.5, 0.6) is 0 Å². The third-order valence-corrected chi connectivity index (χ3v) is 2.85. The Bertz CT molecular complexity index is 523. The molecule has 0 aliphatic carbocycles. The summed E-state index contributed by atoms with van der Waals surface area (Å²) in [4.78, 5) is 12.0. The Kier molecular flexibility index (Phi) is 3.57. The minimum atomic E-state index is -1.22. The number of carbonyl (C=O) groups excluding carboxylic acids is 1. The maximum Gasteiger partial charge on any atom is 0.195 e. The van der Waals surface area contributed by atoms with Gasteiger partial charge in [-0.15, -0.1) is 0 Å². The number of Topliss-reactive ketones (excluding diaryl/α,β-unsaturated/α-hetero) is 1. The van der Waals surface area contributed by atoms with Gasteiger partial charge in [0.2, 0.25) is 0 Å². The smallest absolute Gasteiger partial charge is 0.195 e. The van der Waals surface area contributed by atoms with Gasteiger partial charge in [-0.25, -0.2) is 0 Å². The Morgan fingerprint density at radius 2 is 1.59 bits per heavy atom. The molecule has 0 amide bonds. The number of hydrogen-bond acceptors (Lipinski definition) is 2. The molecule has 17 heavy (non-hydrogen) atoms. The van der Waals surface area contributed by atoms with Crippen LogP contribution in [0.3, 0.4) is 0 Å². The summed E-state index contributed by atoms with van der Waals surface area (Å²) in [5.41, 5.74) is 0.905. The molecule has 0 radical (unpaired) electrons. The molecule has 0 saturated heterocycles. The number of rotatable bonds is 3. The average molecular weight is 247 g/mol. The van der Waals surface area contributed by atoms with Crippen molar-refractivity contribution in [3.8, 4) is 0 Å². The molecule has 0 saturated carbocycles. The van der Waals surface area contributed by atoms with Gasteiger partial charge >= 0.3 is 0 Å². The van der Waals surface area contributed by atoms with Crippen LogP contribution in [0.1, 0.15) is 22.0 Å². The summed E-state index contributed by atoms with van der Waals surface area (Å²) in [6.07, 6.45) is -1.22. The Labute approximate surface area is 104 Å². The maximum atomic E-state index is 12.0. The predicted molar refractivity (Wildman–Crippen MR) is 67.2 cm³/mol. The number of aliphatic hydroxyl groups excluding tert-OH is 1. The topological polar surface area (TPSA) is 37.3 Å². The molecule has 2 rings (SSSR count). The zero-order chi connectivity index (χ0) is 12.3. The lowest BCUT2D eigenvalue weighted by atomic mass is 10.00. The van der Waals surface area contributed by atoms with Crippen LogP contribution in [0.15, 0.2) is 54.6 Å². The van der Waals surface area contributed by atoms with E-state index in [2.05, 4.69) is 0 Å². The molecule has 2 aromatic carbocycles. The van der Waals surface area contributed by atoms with E-state index in [4.69, 9.17) is 11.6 Å². The molecular weight excluding hydrogens is 236 g/mol. The van der Waals surface area contributed by atoms with Crippen LogP contribution in [0, 0.1) is 0 Å². The zero-order valence-electron chi connectivity index (χ0n) is 9.01. The summed E-state index contributed by atoms with van der Waals surface area (Å²) in [6, 6.07) is 15.5. The molecule has 0 spiro atoms. The number of ketones is 1. The minimum Gasteiger partial charge on any atom is -0.380 e. The summed E-state index contributed by atoms with van der Waals surface area (Å²) >= 11 is 5.94. The van der Waals surface area contributed by atoms with Crippen LogP contribution in [0.2, 0.25) is 5.02 Å². The highest BCUT2D eigenvalue weighted by Gasteiger charge is 2.20. The molecule has 0 aliphatic rings. The van der Waals surface area contributed by atoms with Crippen LogP contribution in [-0.4, -0.2) is 10.9 Å². The third kappa shape index (κ3) is 2.54. The van der Waals surface area contributed by atoms with E-state index in [1.807, 2.05) is 6.07 Å². The van der Waals surface area contributed by atoms with E-state index in [9.17, 15) is 9.90 Å². The van der Waals surface area contributed by atoms with E-state index in [0.717, 1.165) is 0 Å². The van der Waals surface area contributed by atoms with Crippen molar-refractivity contribution in [1.29, 1.82) is 0 Å². The van der Waals surface area contributed by atoms with E-state index < -0.39 is 6.10 Å². The Morgan fingerprint density at radius 1 is 1.00 bits per heavy atom. The SMILES string of the molecule is O=C(c1ccccc1)C(O)c1ccccc1Cl. The van der Waals surface area contributed by atoms with Crippen LogP contribution in [0.4, 0.5) is 0 Å². The first-order chi connectivity index (χ1) is 8.20. The standard InChI is InChI=1S/C14H11ClO2/c15-12-9-5-4-8-11(12)14(17)13(16)10-6-2-1-3-7-10/h1-9,14,17H. The summed E-state index contributed by atoms with van der Waals surface area (Å²) in [7, 11) is 0. The molecule has 1 atom stereocenters. The van der Waals surface area contributed by atoms with Gasteiger partial charge in [-0.3, -0.25) is 4.79 Å². The molecule has 0 aliphatic heterocycles. The lowest BCUT2D eigenvalue weighted by molar-refractivity contribution is 0.0747. The predicted octanol–water partition coefficient (Wildman–Crippen LogP) is 3.26. The normalized spacial score (nSPS) is 12.1. The zero-order valence-corrected chi connectivity index (χ0v) is 9.76. The molecule has 2 nitrogen and oxygen atoms in total. The number of carbonyl (C=O) groups is 1. The Balaban J connectivity index is 2.30. The van der Waals surface area contributed by atoms with Crippen molar-refractivity contribution in [1.82, 2.24) is 0 Å². The lowest BCUT2D eigenvalue weighted by Crippen LogP contribution is -2.12. The highest BCUT2D eigenvalue weighted by molar-refractivity contribution is 6.31. The second-order valence-electron chi connectivity index (χ2n) is 3.65. The molecule has 3 heteroatoms. The van der Waals surface area contributed by atoms with Gasteiger partial charge in [0.05, 0.1) is 0 Å². The number of benzene rings is 2. The second-order valence-corrected chi connectivity index (χ2v) is 4.06. The maximum absolute atomic E-state index is 12.0. The van der Waals surface area contributed by atoms with Crippen molar-refractivity contribution in [2.45, 2.75) is 6.10 Å². The molecule has 0 bridgehead atoms. The molecule has 0 heterocycles. The summed E-state index contributed by atoms with van der Waals surface area (Å²) in [5, 5.41) is 10.4. The second kappa shape index (κ2) is 5.13. The highest BCUT2D eigenvalue weighted by atomic mass is 35.5. The van der Waals surface area contributed by atoms with E-state index in [1.54, 1.807) is 48.5 Å². The van der Waals surface area contributed by atoms with E-state index in [0.29, 0.717) is 16.1 Å². The van der Waals surface area contributed by atoms with Crippen molar-refractivity contribution in [3.63, 3.8) is 0 Å². The largest absolute Gasteiger partial charge is 0.380 e. The molecule has 1 N–H and O–H groups in total. The van der Waals surface area contributed by atoms with Gasteiger partial charge in [0, 0.05) is 16.1 Å². The minimum absolute atomic E-state index is 0.348. The van der Waals surface area contributed by atoms with Crippen molar-refractivity contribution in [2.75, 3.05) is 0 Å². The van der Waals surface area contributed by atoms with E-state index in [-0.39, 0.29) is 5.78 Å². The van der Waals surface area contributed by atoms with Crippen LogP contribution in [-0.2, 0) is 0 Å². The van der Waals surface area contributed by atoms with Crippen molar-refractivity contribution in [3.05, 3.63) is 70.7 Å². The Morgan fingerprint density at radius 3 is 2.24 bits per heavy atom. The average Bonchev–Trinajstić information content (AvgIpc) is 2.39. The van der Waals surface area contributed by atoms with Gasteiger partial charge in [0.25, 0.3) is 0 Å². The number of aliphatic hydroxyl groups is 1. The first-order valence-corrected chi connectivity index (χ1v) is 5.59. The highest BCUT2D eigenvalue weighted by Crippen LogP contribution is 2.25. The molecular formula is C14H11ClO2. The van der Waals surface area contributed by atoms with Crippen molar-refractivity contribution >= 4 is 17.4 Å². The van der Waals surface area contributed by atoms with Gasteiger partial charge in [-0.05, 0) is 6.07 Å². The molecule has 86 valence electrons. The van der Waals surface area contributed by atoms with E-state index in [1.165, 1.54) is 0 Å². The van der Waals surface area contributed by atoms with Crippen LogP contribution in [0.25, 0.3) is 0 Å². The van der Waals surface area contributed by atoms with Crippen molar-refractivity contribution < 1.29 is 9.90 Å². The van der Waals surface area contributed by atoms with Gasteiger partial charge in [0.1, 0.15) is 6.10 Å². The van der Waals surface area contributed by atoms with Crippen molar-refractivity contribution in [2.24, 2.45) is 0 Å². The lowest BCUT2D eigenvalue weighted by Gasteiger charge is -2.11. The van der Waals surface area contributed by atoms with Gasteiger partial charge in [-0.1, -0.05) is 60.1 Å². The fourth-order valence-electron chi connectivity index (χ4n) is 1.60. The van der Waals surface area contributed by atoms with Crippen LogP contribution >= 0.6 is 11.6 Å². The van der Waals surface area contributed by atoms with E-state index >= 15 is 0 Å². The molecule has 2 aromatic rings. The van der Waals surface area contributed by atoms with Gasteiger partial charge in [-0.2, -0.15) is 0 Å². The molecule has 0 fully saturated rings. The van der Waals surface area contributed by atoms with Crippen LogP contribution < -0.4 is 0 Å². The fourth-order valence-corrected chi connectivity index (χ4v) is 1.84. The first-order valence-electron chi connectivity index (χ1n) is 5.22. The Hall–Kier alpha value is -1.64. The summed E-state index contributed by atoms with van der Waals surface area (Å²) in [6.45, 7) is 0. The quantitative estimate of drug-likeness (QED) is 0.844. The summed E-state index contributed by atoms with van der Waals surface area (Å²) < 4.78 is 0. The molecule has 1 unspecified atom stereocenters. The van der Waals surface area contributed by atoms with Gasteiger partial charge in [0.15, 0.2) is 5.78 Å². The monoisotopic (exact) mass is 246 g/mol. The summed E-state index contributed by atoms with van der Waals surface area (Å²) in [5.74, 6) is -0.348. The third-order valence-electron chi connectivity index (χ3n) is 2.51. The first kappa shape index (κ1) is 11.8. The fraction of sp³-hybridized carbons (Fsp3) is 0.0714. The number of halogens is 1. The van der Waals surface area contributed by atoms with Gasteiger partial charge < -0.3 is 5.11 Å². The molecule has 0 aromatic heterocycles. The number of hydrogen-bond donors (Lipinski definition) is 1.